The van der Waals surface area contributed by atoms with Gasteiger partial charge in [-0.2, -0.15) is 0 Å². The lowest BCUT2D eigenvalue weighted by Crippen LogP contribution is -2.49. The van der Waals surface area contributed by atoms with Crippen LogP contribution in [0.4, 0.5) is 0 Å². The Labute approximate surface area is 112 Å². The number of hydrogen-bond donors (Lipinski definition) is 2. The van der Waals surface area contributed by atoms with Gasteiger partial charge in [-0.3, -0.25) is 0 Å². The summed E-state index contributed by atoms with van der Waals surface area (Å²) in [4.78, 5) is 7.97. The van der Waals surface area contributed by atoms with Crippen molar-refractivity contribution in [1.29, 1.82) is 0 Å². The number of H-pyrrole nitrogens is 1. The smallest absolute Gasteiger partial charge is 0.107 e. The minimum absolute atomic E-state index is 0.130. The van der Waals surface area contributed by atoms with Crippen LogP contribution in [-0.4, -0.2) is 34.9 Å². The number of nitrogens with zero attached hydrogens (tertiary/aromatic N) is 1. The van der Waals surface area contributed by atoms with Gasteiger partial charge in [0.05, 0.1) is 36.3 Å². The highest BCUT2D eigenvalue weighted by Crippen LogP contribution is 2.33. The molecule has 1 saturated heterocycles. The molecule has 102 valence electrons. The Balaban J connectivity index is 1.96. The SMILES string of the molecule is CC(C)Cc1nc2ccc(C3(CO)COC3)cc2[nH]1. The van der Waals surface area contributed by atoms with Crippen LogP contribution in [0, 0.1) is 5.92 Å². The third-order valence-electron chi connectivity index (χ3n) is 3.80. The molecule has 0 spiro atoms. The first-order chi connectivity index (χ1) is 9.13. The van der Waals surface area contributed by atoms with E-state index in [-0.39, 0.29) is 12.0 Å². The van der Waals surface area contributed by atoms with Gasteiger partial charge in [-0.25, -0.2) is 4.98 Å². The predicted molar refractivity (Wildman–Crippen MR) is 74.2 cm³/mol. The number of ether oxygens (including phenoxy) is 1. The van der Waals surface area contributed by atoms with Crippen LogP contribution in [0.1, 0.15) is 25.2 Å². The van der Waals surface area contributed by atoms with E-state index in [9.17, 15) is 5.11 Å². The minimum Gasteiger partial charge on any atom is -0.395 e. The molecule has 3 rings (SSSR count). The monoisotopic (exact) mass is 260 g/mol. The highest BCUT2D eigenvalue weighted by Gasteiger charge is 2.39. The molecule has 0 saturated carbocycles. The fraction of sp³-hybridized carbons (Fsp3) is 0.533. The third kappa shape index (κ3) is 2.15. The molecule has 1 aliphatic heterocycles. The Hall–Kier alpha value is -1.39. The van der Waals surface area contributed by atoms with Crippen molar-refractivity contribution in [2.75, 3.05) is 19.8 Å². The van der Waals surface area contributed by atoms with E-state index in [1.54, 1.807) is 0 Å². The van der Waals surface area contributed by atoms with E-state index >= 15 is 0 Å². The van der Waals surface area contributed by atoms with Crippen LogP contribution in [0.25, 0.3) is 11.0 Å². The maximum Gasteiger partial charge on any atom is 0.107 e. The molecule has 4 nitrogen and oxygen atoms in total. The van der Waals surface area contributed by atoms with E-state index < -0.39 is 0 Å². The highest BCUT2D eigenvalue weighted by molar-refractivity contribution is 5.76. The van der Waals surface area contributed by atoms with E-state index in [0.717, 1.165) is 28.8 Å². The molecule has 2 heterocycles. The average molecular weight is 260 g/mol. The maximum atomic E-state index is 9.58. The standard InChI is InChI=1S/C15H20N2O2/c1-10(2)5-14-16-12-4-3-11(6-13(12)17-14)15(7-18)8-19-9-15/h3-4,6,10,18H,5,7-9H2,1-2H3,(H,16,17). The summed E-state index contributed by atoms with van der Waals surface area (Å²) >= 11 is 0. The lowest BCUT2D eigenvalue weighted by Gasteiger charge is -2.40. The number of aromatic nitrogens is 2. The van der Waals surface area contributed by atoms with Gasteiger partial charge in [0.15, 0.2) is 0 Å². The van der Waals surface area contributed by atoms with Crippen molar-refractivity contribution in [3.63, 3.8) is 0 Å². The third-order valence-corrected chi connectivity index (χ3v) is 3.80. The molecule has 19 heavy (non-hydrogen) atoms. The van der Waals surface area contributed by atoms with Gasteiger partial charge in [0.25, 0.3) is 0 Å². The van der Waals surface area contributed by atoms with Gasteiger partial charge >= 0.3 is 0 Å². The Bertz CT molecular complexity index is 579. The second-order valence-corrected chi connectivity index (χ2v) is 5.94. The van der Waals surface area contributed by atoms with Crippen molar-refractivity contribution in [3.05, 3.63) is 29.6 Å². The van der Waals surface area contributed by atoms with Crippen LogP contribution < -0.4 is 0 Å². The maximum absolute atomic E-state index is 9.58. The van der Waals surface area contributed by atoms with E-state index in [4.69, 9.17) is 4.74 Å². The number of aliphatic hydroxyl groups is 1. The number of aliphatic hydroxyl groups excluding tert-OH is 1. The predicted octanol–water partition coefficient (Wildman–Crippen LogP) is 2.02. The molecule has 1 aliphatic rings. The van der Waals surface area contributed by atoms with Crippen molar-refractivity contribution < 1.29 is 9.84 Å². The normalized spacial score (nSPS) is 17.9. The van der Waals surface area contributed by atoms with Crippen LogP contribution in [0.2, 0.25) is 0 Å². The molecular formula is C15H20N2O2. The van der Waals surface area contributed by atoms with E-state index in [2.05, 4.69) is 35.9 Å². The summed E-state index contributed by atoms with van der Waals surface area (Å²) in [6, 6.07) is 6.19. The summed E-state index contributed by atoms with van der Waals surface area (Å²) < 4.78 is 5.27. The summed E-state index contributed by atoms with van der Waals surface area (Å²) in [7, 11) is 0. The van der Waals surface area contributed by atoms with Gasteiger partial charge < -0.3 is 14.8 Å². The molecule has 0 atom stereocenters. The molecule has 4 heteroatoms. The molecule has 1 aromatic carbocycles. The van der Waals surface area contributed by atoms with Gasteiger partial charge in [-0.05, 0) is 23.6 Å². The number of aromatic amines is 1. The molecule has 0 amide bonds. The Morgan fingerprint density at radius 3 is 2.79 bits per heavy atom. The topological polar surface area (TPSA) is 58.1 Å². The highest BCUT2D eigenvalue weighted by atomic mass is 16.5. The van der Waals surface area contributed by atoms with Gasteiger partial charge in [0.1, 0.15) is 5.82 Å². The Morgan fingerprint density at radius 1 is 1.42 bits per heavy atom. The van der Waals surface area contributed by atoms with E-state index in [0.29, 0.717) is 19.1 Å². The van der Waals surface area contributed by atoms with Gasteiger partial charge in [0, 0.05) is 6.42 Å². The zero-order valence-corrected chi connectivity index (χ0v) is 11.4. The first-order valence-electron chi connectivity index (χ1n) is 6.81. The second kappa shape index (κ2) is 4.62. The number of benzene rings is 1. The number of imidazole rings is 1. The molecule has 2 N–H and O–H groups in total. The van der Waals surface area contributed by atoms with Crippen molar-refractivity contribution in [1.82, 2.24) is 9.97 Å². The lowest BCUT2D eigenvalue weighted by molar-refractivity contribution is -0.0841. The number of hydrogen-bond acceptors (Lipinski definition) is 3. The Morgan fingerprint density at radius 2 is 2.21 bits per heavy atom. The summed E-state index contributed by atoms with van der Waals surface area (Å²) in [6.07, 6.45) is 0.957. The first-order valence-corrected chi connectivity index (χ1v) is 6.81. The van der Waals surface area contributed by atoms with Crippen LogP contribution in [0.15, 0.2) is 18.2 Å². The fourth-order valence-electron chi connectivity index (χ4n) is 2.57. The largest absolute Gasteiger partial charge is 0.395 e. The van der Waals surface area contributed by atoms with E-state index in [1.807, 2.05) is 6.07 Å². The zero-order chi connectivity index (χ0) is 13.5. The molecule has 0 bridgehead atoms. The molecule has 0 aliphatic carbocycles. The number of nitrogens with one attached hydrogen (secondary N) is 1. The Kier molecular flexibility index (Phi) is 3.07. The van der Waals surface area contributed by atoms with Crippen LogP contribution >= 0.6 is 0 Å². The molecular weight excluding hydrogens is 240 g/mol. The average Bonchev–Trinajstić information content (AvgIpc) is 2.68. The molecule has 0 radical (unpaired) electrons. The van der Waals surface area contributed by atoms with Crippen molar-refractivity contribution in [2.24, 2.45) is 5.92 Å². The van der Waals surface area contributed by atoms with Crippen LogP contribution in [-0.2, 0) is 16.6 Å². The summed E-state index contributed by atoms with van der Waals surface area (Å²) in [5.41, 5.74) is 2.96. The van der Waals surface area contributed by atoms with E-state index in [1.165, 1.54) is 0 Å². The quantitative estimate of drug-likeness (QED) is 0.884. The molecule has 1 aromatic heterocycles. The van der Waals surface area contributed by atoms with Gasteiger partial charge in [0.2, 0.25) is 0 Å². The summed E-state index contributed by atoms with van der Waals surface area (Å²) in [5, 5.41) is 9.58. The van der Waals surface area contributed by atoms with Crippen molar-refractivity contribution >= 4 is 11.0 Å². The van der Waals surface area contributed by atoms with Crippen molar-refractivity contribution in [3.8, 4) is 0 Å². The molecule has 1 fully saturated rings. The molecule has 0 unspecified atom stereocenters. The lowest BCUT2D eigenvalue weighted by atomic mass is 9.79. The molecule has 2 aromatic rings. The zero-order valence-electron chi connectivity index (χ0n) is 11.4. The van der Waals surface area contributed by atoms with Crippen LogP contribution in [0.3, 0.4) is 0 Å². The van der Waals surface area contributed by atoms with Gasteiger partial charge in [-0.1, -0.05) is 19.9 Å². The summed E-state index contributed by atoms with van der Waals surface area (Å²) in [5.74, 6) is 1.62. The minimum atomic E-state index is -0.211. The van der Waals surface area contributed by atoms with Crippen molar-refractivity contribution in [2.45, 2.75) is 25.7 Å². The van der Waals surface area contributed by atoms with Gasteiger partial charge in [-0.15, -0.1) is 0 Å². The summed E-state index contributed by atoms with van der Waals surface area (Å²) in [6.45, 7) is 5.70. The second-order valence-electron chi connectivity index (χ2n) is 5.94. The fourth-order valence-corrected chi connectivity index (χ4v) is 2.57. The number of rotatable bonds is 4. The first kappa shape index (κ1) is 12.6. The number of fused-ring (bicyclic) bond motifs is 1. The van der Waals surface area contributed by atoms with Crippen LogP contribution in [0.5, 0.6) is 0 Å².